The number of hydrogen-bond acceptors (Lipinski definition) is 5. The van der Waals surface area contributed by atoms with E-state index in [1.54, 1.807) is 0 Å². The Balaban J connectivity index is 2.62. The summed E-state index contributed by atoms with van der Waals surface area (Å²) in [6.07, 6.45) is 2.27. The summed E-state index contributed by atoms with van der Waals surface area (Å²) in [6.45, 7) is 2.02. The van der Waals surface area contributed by atoms with Gasteiger partial charge in [0.1, 0.15) is 5.82 Å². The van der Waals surface area contributed by atoms with Crippen LogP contribution in [0.15, 0.2) is 6.20 Å². The van der Waals surface area contributed by atoms with E-state index in [4.69, 9.17) is 16.7 Å². The lowest BCUT2D eigenvalue weighted by atomic mass is 10.2. The first-order valence-electron chi connectivity index (χ1n) is 3.99. The Morgan fingerprint density at radius 2 is 2.46 bits per heavy atom. The maximum atomic E-state index is 8.90. The van der Waals surface area contributed by atoms with E-state index in [1.807, 2.05) is 6.92 Å². The highest BCUT2D eigenvalue weighted by Crippen LogP contribution is 2.06. The van der Waals surface area contributed by atoms with Crippen LogP contribution in [0.4, 0.5) is 5.82 Å². The molecule has 1 atom stereocenters. The summed E-state index contributed by atoms with van der Waals surface area (Å²) in [5, 5.41) is 19.1. The molecule has 0 saturated heterocycles. The van der Waals surface area contributed by atoms with Gasteiger partial charge in [-0.05, 0) is 18.0 Å². The van der Waals surface area contributed by atoms with Gasteiger partial charge in [0.25, 0.3) is 0 Å². The molecule has 72 valence electrons. The highest BCUT2D eigenvalue weighted by Gasteiger charge is 2.05. The second kappa shape index (κ2) is 4.94. The Morgan fingerprint density at radius 3 is 3.00 bits per heavy atom. The van der Waals surface area contributed by atoms with Gasteiger partial charge < -0.3 is 10.4 Å². The molecule has 0 radical (unpaired) electrons. The molecule has 6 heteroatoms. The standard InChI is InChI=1S/C7H11ClN4O/c1-2-5(4-13)10-6-3-9-12-7(8)11-6/h3,5,13H,2,4H2,1H3,(H,10,11,12). The zero-order valence-corrected chi connectivity index (χ0v) is 7.99. The fourth-order valence-corrected chi connectivity index (χ4v) is 0.972. The molecule has 0 aliphatic heterocycles. The molecule has 1 unspecified atom stereocenters. The molecule has 0 aromatic carbocycles. The summed E-state index contributed by atoms with van der Waals surface area (Å²) in [5.74, 6) is 0.529. The van der Waals surface area contributed by atoms with E-state index in [2.05, 4.69) is 20.5 Å². The Bertz CT molecular complexity index is 266. The second-order valence-corrected chi connectivity index (χ2v) is 2.88. The van der Waals surface area contributed by atoms with Crippen molar-refractivity contribution in [2.75, 3.05) is 11.9 Å². The quantitative estimate of drug-likeness (QED) is 0.753. The van der Waals surface area contributed by atoms with E-state index in [1.165, 1.54) is 6.20 Å². The van der Waals surface area contributed by atoms with Gasteiger partial charge in [-0.3, -0.25) is 0 Å². The molecule has 0 fully saturated rings. The minimum absolute atomic E-state index is 0.0206. The predicted molar refractivity (Wildman–Crippen MR) is 49.6 cm³/mol. The first-order chi connectivity index (χ1) is 6.26. The van der Waals surface area contributed by atoms with Crippen molar-refractivity contribution >= 4 is 17.4 Å². The third-order valence-electron chi connectivity index (χ3n) is 1.60. The molecule has 0 amide bonds. The van der Waals surface area contributed by atoms with E-state index in [-0.39, 0.29) is 17.9 Å². The average Bonchev–Trinajstić information content (AvgIpc) is 2.14. The number of aromatic nitrogens is 3. The van der Waals surface area contributed by atoms with Crippen molar-refractivity contribution in [2.45, 2.75) is 19.4 Å². The second-order valence-electron chi connectivity index (χ2n) is 2.54. The van der Waals surface area contributed by atoms with Crippen LogP contribution in [-0.2, 0) is 0 Å². The minimum Gasteiger partial charge on any atom is -0.394 e. The third kappa shape index (κ3) is 3.12. The van der Waals surface area contributed by atoms with E-state index >= 15 is 0 Å². The van der Waals surface area contributed by atoms with E-state index < -0.39 is 0 Å². The summed E-state index contributed by atoms with van der Waals surface area (Å²) in [5.41, 5.74) is 0. The number of rotatable bonds is 4. The number of nitrogens with zero attached hydrogens (tertiary/aromatic N) is 3. The maximum Gasteiger partial charge on any atom is 0.244 e. The summed E-state index contributed by atoms with van der Waals surface area (Å²) in [6, 6.07) is -0.0206. The molecule has 2 N–H and O–H groups in total. The molecule has 0 spiro atoms. The van der Waals surface area contributed by atoms with Crippen LogP contribution in [0.5, 0.6) is 0 Å². The molecule has 1 rings (SSSR count). The van der Waals surface area contributed by atoms with Crippen LogP contribution in [0, 0.1) is 0 Å². The van der Waals surface area contributed by atoms with Crippen LogP contribution in [0.2, 0.25) is 5.28 Å². The molecule has 1 aromatic rings. The highest BCUT2D eigenvalue weighted by molar-refractivity contribution is 6.28. The van der Waals surface area contributed by atoms with Gasteiger partial charge >= 0.3 is 0 Å². The monoisotopic (exact) mass is 202 g/mol. The van der Waals surface area contributed by atoms with Gasteiger partial charge in [-0.1, -0.05) is 6.92 Å². The van der Waals surface area contributed by atoms with Crippen LogP contribution in [0.25, 0.3) is 0 Å². The van der Waals surface area contributed by atoms with Crippen LogP contribution < -0.4 is 5.32 Å². The first kappa shape index (κ1) is 10.1. The molecular weight excluding hydrogens is 192 g/mol. The Labute approximate surface area is 81.2 Å². The SMILES string of the molecule is CCC(CO)Nc1cnnc(Cl)n1. The molecule has 0 bridgehead atoms. The molecule has 5 nitrogen and oxygen atoms in total. The Hall–Kier alpha value is -0.940. The van der Waals surface area contributed by atoms with Crippen LogP contribution >= 0.6 is 11.6 Å². The fourth-order valence-electron chi connectivity index (χ4n) is 0.837. The molecular formula is C7H11ClN4O. The van der Waals surface area contributed by atoms with Gasteiger partial charge in [0, 0.05) is 0 Å². The Morgan fingerprint density at radius 1 is 1.69 bits per heavy atom. The third-order valence-corrected chi connectivity index (χ3v) is 1.76. The molecule has 1 aromatic heterocycles. The topological polar surface area (TPSA) is 70.9 Å². The van der Waals surface area contributed by atoms with E-state index in [0.29, 0.717) is 5.82 Å². The molecule has 13 heavy (non-hydrogen) atoms. The smallest absolute Gasteiger partial charge is 0.244 e. The first-order valence-corrected chi connectivity index (χ1v) is 4.36. The summed E-state index contributed by atoms with van der Waals surface area (Å²) < 4.78 is 0. The van der Waals surface area contributed by atoms with Gasteiger partial charge in [-0.15, -0.1) is 5.10 Å². The van der Waals surface area contributed by atoms with Crippen molar-refractivity contribution in [2.24, 2.45) is 0 Å². The number of aliphatic hydroxyl groups is 1. The summed E-state index contributed by atoms with van der Waals surface area (Å²) in [7, 11) is 0. The normalized spacial score (nSPS) is 12.5. The lowest BCUT2D eigenvalue weighted by Gasteiger charge is -2.13. The van der Waals surface area contributed by atoms with Gasteiger partial charge in [-0.2, -0.15) is 10.1 Å². The molecule has 1 heterocycles. The zero-order chi connectivity index (χ0) is 9.68. The number of anilines is 1. The molecule has 0 aliphatic rings. The van der Waals surface area contributed by atoms with E-state index in [9.17, 15) is 0 Å². The largest absolute Gasteiger partial charge is 0.394 e. The average molecular weight is 203 g/mol. The fraction of sp³-hybridized carbons (Fsp3) is 0.571. The van der Waals surface area contributed by atoms with E-state index in [0.717, 1.165) is 6.42 Å². The lowest BCUT2D eigenvalue weighted by molar-refractivity contribution is 0.271. The maximum absolute atomic E-state index is 8.90. The summed E-state index contributed by atoms with van der Waals surface area (Å²) in [4.78, 5) is 3.88. The number of nitrogens with one attached hydrogen (secondary N) is 1. The van der Waals surface area contributed by atoms with Crippen molar-refractivity contribution in [3.05, 3.63) is 11.5 Å². The van der Waals surface area contributed by atoms with Crippen LogP contribution in [0.3, 0.4) is 0 Å². The molecule has 0 saturated carbocycles. The van der Waals surface area contributed by atoms with Crippen LogP contribution in [0.1, 0.15) is 13.3 Å². The van der Waals surface area contributed by atoms with Crippen molar-refractivity contribution in [3.63, 3.8) is 0 Å². The Kier molecular flexibility index (Phi) is 3.85. The van der Waals surface area contributed by atoms with Gasteiger partial charge in [0.05, 0.1) is 18.8 Å². The number of aliphatic hydroxyl groups excluding tert-OH is 1. The van der Waals surface area contributed by atoms with Crippen molar-refractivity contribution in [3.8, 4) is 0 Å². The number of hydrogen-bond donors (Lipinski definition) is 2. The summed E-state index contributed by atoms with van der Waals surface area (Å²) >= 11 is 5.53. The highest BCUT2D eigenvalue weighted by atomic mass is 35.5. The molecule has 0 aliphatic carbocycles. The van der Waals surface area contributed by atoms with Gasteiger partial charge in [-0.25, -0.2) is 0 Å². The zero-order valence-electron chi connectivity index (χ0n) is 7.24. The van der Waals surface area contributed by atoms with Gasteiger partial charge in [0.2, 0.25) is 5.28 Å². The van der Waals surface area contributed by atoms with Crippen molar-refractivity contribution in [1.82, 2.24) is 15.2 Å². The predicted octanol–water partition coefficient (Wildman–Crippen LogP) is 0.708. The van der Waals surface area contributed by atoms with Gasteiger partial charge in [0.15, 0.2) is 0 Å². The van der Waals surface area contributed by atoms with Crippen molar-refractivity contribution in [1.29, 1.82) is 0 Å². The van der Waals surface area contributed by atoms with Crippen molar-refractivity contribution < 1.29 is 5.11 Å². The minimum atomic E-state index is -0.0206. The lowest BCUT2D eigenvalue weighted by Crippen LogP contribution is -2.23. The van der Waals surface area contributed by atoms with Crippen LogP contribution in [-0.4, -0.2) is 32.9 Å². The number of halogens is 1.